The molecule has 0 atom stereocenters. The molecule has 4 aromatic carbocycles. The normalized spacial score (nSPS) is 11.7. The molecule has 0 spiro atoms. The highest BCUT2D eigenvalue weighted by Gasteiger charge is 2.19. The van der Waals surface area contributed by atoms with Gasteiger partial charge in [-0.05, 0) is 79.4 Å². The number of hydrogen-bond acceptors (Lipinski definition) is 4. The number of oxazole rings is 1. The van der Waals surface area contributed by atoms with Crippen LogP contribution < -0.4 is 0 Å². The Morgan fingerprint density at radius 2 is 1.74 bits per heavy atom. The van der Waals surface area contributed by atoms with Gasteiger partial charge in [0.2, 0.25) is 5.89 Å². The van der Waals surface area contributed by atoms with E-state index in [-0.39, 0.29) is 5.56 Å². The van der Waals surface area contributed by atoms with Crippen molar-refractivity contribution in [3.8, 4) is 17.1 Å². The summed E-state index contributed by atoms with van der Waals surface area (Å²) in [7, 11) is 0. The Morgan fingerprint density at radius 3 is 2.55 bits per heavy atom. The largest absolute Gasteiger partial charge is 0.478 e. The van der Waals surface area contributed by atoms with E-state index in [1.54, 1.807) is 12.1 Å². The fourth-order valence-electron chi connectivity index (χ4n) is 5.98. The summed E-state index contributed by atoms with van der Waals surface area (Å²) in [5.41, 5.74) is 9.75. The van der Waals surface area contributed by atoms with Gasteiger partial charge in [0.05, 0.1) is 34.3 Å². The standard InChI is InChI=1S/C35H30N4O3/c1-4-9-31-37-32-22(3)18-24(34-36-27-13-7-10-21(2)33(27)42-34)19-30(32)39(31)20-23-11-8-15-28-25(23)16-17-38(28)29-14-6-5-12-26(29)35(40)41/h5-8,10-19H,4,9,20H2,1-3H3,(H,40,41). The minimum atomic E-state index is -0.946. The van der Waals surface area contributed by atoms with Crippen LogP contribution in [0.15, 0.2) is 89.5 Å². The zero-order chi connectivity index (χ0) is 29.0. The van der Waals surface area contributed by atoms with E-state index >= 15 is 0 Å². The third-order valence-electron chi connectivity index (χ3n) is 8.00. The summed E-state index contributed by atoms with van der Waals surface area (Å²) in [6.45, 7) is 6.92. The molecule has 3 heterocycles. The van der Waals surface area contributed by atoms with Crippen LogP contribution in [0.25, 0.3) is 50.2 Å². The van der Waals surface area contributed by atoms with Crippen LogP contribution in [0.4, 0.5) is 0 Å². The molecule has 0 aliphatic rings. The first-order chi connectivity index (χ1) is 20.4. The summed E-state index contributed by atoms with van der Waals surface area (Å²) in [4.78, 5) is 21.8. The molecule has 0 amide bonds. The fourth-order valence-corrected chi connectivity index (χ4v) is 5.98. The van der Waals surface area contributed by atoms with Gasteiger partial charge in [-0.1, -0.05) is 43.3 Å². The van der Waals surface area contributed by atoms with Gasteiger partial charge >= 0.3 is 5.97 Å². The van der Waals surface area contributed by atoms with E-state index in [2.05, 4.69) is 42.7 Å². The lowest BCUT2D eigenvalue weighted by molar-refractivity contribution is 0.0697. The summed E-state index contributed by atoms with van der Waals surface area (Å²) < 4.78 is 10.5. The quantitative estimate of drug-likeness (QED) is 0.215. The van der Waals surface area contributed by atoms with E-state index < -0.39 is 5.97 Å². The molecule has 0 radical (unpaired) electrons. The van der Waals surface area contributed by atoms with Crippen LogP contribution in [-0.2, 0) is 13.0 Å². The number of nitrogens with zero attached hydrogens (tertiary/aromatic N) is 4. The highest BCUT2D eigenvalue weighted by Crippen LogP contribution is 2.33. The number of carbonyl (C=O) groups is 1. The van der Waals surface area contributed by atoms with Gasteiger partial charge in [0, 0.05) is 23.6 Å². The van der Waals surface area contributed by atoms with E-state index in [0.29, 0.717) is 18.1 Å². The summed E-state index contributed by atoms with van der Waals surface area (Å²) in [6.07, 6.45) is 3.78. The average Bonchev–Trinajstić information content (AvgIpc) is 3.70. The lowest BCUT2D eigenvalue weighted by atomic mass is 10.1. The molecule has 0 fully saturated rings. The Bertz CT molecular complexity index is 2150. The second-order valence-electron chi connectivity index (χ2n) is 10.8. The van der Waals surface area contributed by atoms with Gasteiger partial charge < -0.3 is 18.7 Å². The number of aryl methyl sites for hydroxylation is 3. The third kappa shape index (κ3) is 4.16. The number of benzene rings is 4. The smallest absolute Gasteiger partial charge is 0.337 e. The van der Waals surface area contributed by atoms with Crippen LogP contribution in [0.3, 0.4) is 0 Å². The summed E-state index contributed by atoms with van der Waals surface area (Å²) >= 11 is 0. The molecule has 7 nitrogen and oxygen atoms in total. The molecule has 3 aromatic heterocycles. The first kappa shape index (κ1) is 25.8. The van der Waals surface area contributed by atoms with Gasteiger partial charge in [0.15, 0.2) is 5.58 Å². The van der Waals surface area contributed by atoms with Crippen molar-refractivity contribution in [3.05, 3.63) is 113 Å². The maximum absolute atomic E-state index is 11.9. The molecule has 42 heavy (non-hydrogen) atoms. The van der Waals surface area contributed by atoms with E-state index in [9.17, 15) is 9.90 Å². The van der Waals surface area contributed by atoms with Crippen LogP contribution in [0, 0.1) is 13.8 Å². The molecule has 0 aliphatic carbocycles. The first-order valence-electron chi connectivity index (χ1n) is 14.2. The maximum atomic E-state index is 11.9. The van der Waals surface area contributed by atoms with Gasteiger partial charge in [0.25, 0.3) is 0 Å². The summed E-state index contributed by atoms with van der Waals surface area (Å²) in [6, 6.07) is 25.6. The highest BCUT2D eigenvalue weighted by molar-refractivity contribution is 5.94. The molecule has 0 saturated carbocycles. The molecule has 0 unspecified atom stereocenters. The zero-order valence-electron chi connectivity index (χ0n) is 23.8. The van der Waals surface area contributed by atoms with Crippen LogP contribution in [0.1, 0.15) is 46.2 Å². The molecule has 0 saturated heterocycles. The fraction of sp³-hybridized carbons (Fsp3) is 0.171. The van der Waals surface area contributed by atoms with Gasteiger partial charge in [0.1, 0.15) is 11.3 Å². The number of carboxylic acids is 1. The van der Waals surface area contributed by atoms with Crippen molar-refractivity contribution in [1.82, 2.24) is 19.1 Å². The van der Waals surface area contributed by atoms with Crippen LogP contribution in [0.5, 0.6) is 0 Å². The zero-order valence-corrected chi connectivity index (χ0v) is 23.8. The SMILES string of the molecule is CCCc1nc2c(C)cc(-c3nc4cccc(C)c4o3)cc2n1Cc1cccc2c1ccn2-c1ccccc1C(=O)O. The topological polar surface area (TPSA) is 86.1 Å². The monoisotopic (exact) mass is 554 g/mol. The number of imidazole rings is 1. The second kappa shape index (κ2) is 10.0. The third-order valence-corrected chi connectivity index (χ3v) is 8.00. The molecule has 1 N–H and O–H groups in total. The predicted molar refractivity (Wildman–Crippen MR) is 166 cm³/mol. The number of aromatic carboxylic acids is 1. The van der Waals surface area contributed by atoms with Crippen molar-refractivity contribution in [2.24, 2.45) is 0 Å². The molecule has 7 heteroatoms. The van der Waals surface area contributed by atoms with Gasteiger partial charge in [-0.3, -0.25) is 0 Å². The van der Waals surface area contributed by atoms with Crippen molar-refractivity contribution < 1.29 is 14.3 Å². The van der Waals surface area contributed by atoms with E-state index in [0.717, 1.165) is 74.0 Å². The second-order valence-corrected chi connectivity index (χ2v) is 10.8. The molecule has 0 aliphatic heterocycles. The molecule has 0 bridgehead atoms. The minimum Gasteiger partial charge on any atom is -0.478 e. The lowest BCUT2D eigenvalue weighted by Gasteiger charge is -2.13. The van der Waals surface area contributed by atoms with E-state index in [4.69, 9.17) is 14.4 Å². The maximum Gasteiger partial charge on any atom is 0.337 e. The van der Waals surface area contributed by atoms with Crippen molar-refractivity contribution in [2.45, 2.75) is 40.2 Å². The van der Waals surface area contributed by atoms with Crippen molar-refractivity contribution in [1.29, 1.82) is 0 Å². The van der Waals surface area contributed by atoms with Crippen molar-refractivity contribution in [3.63, 3.8) is 0 Å². The Hall–Kier alpha value is -5.17. The number of rotatable bonds is 7. The average molecular weight is 555 g/mol. The van der Waals surface area contributed by atoms with Crippen molar-refractivity contribution in [2.75, 3.05) is 0 Å². The number of aromatic nitrogens is 4. The molecule has 208 valence electrons. The number of hydrogen-bond donors (Lipinski definition) is 1. The Kier molecular flexibility index (Phi) is 6.16. The number of carboxylic acid groups (broad SMARTS) is 1. The summed E-state index contributed by atoms with van der Waals surface area (Å²) in [5, 5.41) is 10.9. The molecule has 7 rings (SSSR count). The van der Waals surface area contributed by atoms with Crippen molar-refractivity contribution >= 4 is 39.0 Å². The van der Waals surface area contributed by atoms with Gasteiger partial charge in [-0.15, -0.1) is 0 Å². The van der Waals surface area contributed by atoms with Crippen LogP contribution >= 0.6 is 0 Å². The predicted octanol–water partition coefficient (Wildman–Crippen LogP) is 8.10. The van der Waals surface area contributed by atoms with E-state index in [1.165, 1.54) is 0 Å². The van der Waals surface area contributed by atoms with E-state index in [1.807, 2.05) is 60.2 Å². The summed E-state index contributed by atoms with van der Waals surface area (Å²) in [5.74, 6) is 0.692. The lowest BCUT2D eigenvalue weighted by Crippen LogP contribution is -2.06. The first-order valence-corrected chi connectivity index (χ1v) is 14.2. The van der Waals surface area contributed by atoms with Gasteiger partial charge in [-0.25, -0.2) is 14.8 Å². The van der Waals surface area contributed by atoms with Gasteiger partial charge in [-0.2, -0.15) is 0 Å². The van der Waals surface area contributed by atoms with Crippen LogP contribution in [0.2, 0.25) is 0 Å². The Morgan fingerprint density at radius 1 is 0.905 bits per heavy atom. The Labute approximate surface area is 242 Å². The molecule has 7 aromatic rings. The number of fused-ring (bicyclic) bond motifs is 3. The highest BCUT2D eigenvalue weighted by atomic mass is 16.4. The van der Waals surface area contributed by atoms with Crippen LogP contribution in [-0.4, -0.2) is 30.2 Å². The molecular weight excluding hydrogens is 524 g/mol. The Balaban J connectivity index is 1.37. The number of para-hydroxylation sites is 2. The molecular formula is C35H30N4O3. The minimum absolute atomic E-state index is 0.267.